The van der Waals surface area contributed by atoms with E-state index in [4.69, 9.17) is 10.5 Å². The number of ether oxygens (including phenoxy) is 1. The number of anilines is 1. The molecule has 0 aliphatic heterocycles. The molecular weight excluding hydrogens is 257 g/mol. The van der Waals surface area contributed by atoms with Gasteiger partial charge in [-0.1, -0.05) is 0 Å². The van der Waals surface area contributed by atoms with Crippen LogP contribution >= 0.6 is 0 Å². The summed E-state index contributed by atoms with van der Waals surface area (Å²) in [5.41, 5.74) is 5.51. The molecule has 2 aromatic rings. The Balaban J connectivity index is 2.48. The van der Waals surface area contributed by atoms with Crippen molar-refractivity contribution in [2.75, 3.05) is 12.8 Å². The van der Waals surface area contributed by atoms with Gasteiger partial charge in [0.2, 0.25) is 0 Å². The summed E-state index contributed by atoms with van der Waals surface area (Å²) in [6.45, 7) is 0. The van der Waals surface area contributed by atoms with Gasteiger partial charge in [-0.3, -0.25) is 0 Å². The number of halogens is 3. The standard InChI is InChI=1S/C13H11F3N2O/c1-19-9-4-2-8(3-5-9)12-10(17)6-7-11(18-12)13(14,15)16/h2-7H,17H2,1H3. The monoisotopic (exact) mass is 268 g/mol. The molecule has 100 valence electrons. The van der Waals surface area contributed by atoms with E-state index in [9.17, 15) is 13.2 Å². The molecule has 2 rings (SSSR count). The second-order valence-electron chi connectivity index (χ2n) is 3.86. The Morgan fingerprint density at radius 3 is 2.21 bits per heavy atom. The van der Waals surface area contributed by atoms with E-state index >= 15 is 0 Å². The van der Waals surface area contributed by atoms with Crippen molar-refractivity contribution in [3.8, 4) is 17.0 Å². The molecule has 0 aliphatic rings. The number of hydrogen-bond donors (Lipinski definition) is 1. The summed E-state index contributed by atoms with van der Waals surface area (Å²) in [5, 5.41) is 0. The van der Waals surface area contributed by atoms with Crippen LogP contribution in [0.4, 0.5) is 18.9 Å². The SMILES string of the molecule is COc1ccc(-c2nc(C(F)(F)F)ccc2N)cc1. The third-order valence-corrected chi connectivity index (χ3v) is 2.58. The van der Waals surface area contributed by atoms with Crippen molar-refractivity contribution >= 4 is 5.69 Å². The number of nitrogens with zero attached hydrogens (tertiary/aromatic N) is 1. The first-order valence-electron chi connectivity index (χ1n) is 5.40. The molecule has 0 radical (unpaired) electrons. The van der Waals surface area contributed by atoms with E-state index in [0.29, 0.717) is 11.3 Å². The fraction of sp³-hybridized carbons (Fsp3) is 0.154. The molecule has 0 spiro atoms. The lowest BCUT2D eigenvalue weighted by atomic mass is 10.1. The Bertz CT molecular complexity index is 579. The first kappa shape index (κ1) is 13.2. The van der Waals surface area contributed by atoms with Gasteiger partial charge in [-0.2, -0.15) is 13.2 Å². The Morgan fingerprint density at radius 1 is 1.05 bits per heavy atom. The molecule has 6 heteroatoms. The summed E-state index contributed by atoms with van der Waals surface area (Å²) < 4.78 is 42.8. The number of alkyl halides is 3. The Kier molecular flexibility index (Phi) is 3.33. The van der Waals surface area contributed by atoms with Gasteiger partial charge in [-0.25, -0.2) is 4.98 Å². The normalized spacial score (nSPS) is 11.4. The lowest BCUT2D eigenvalue weighted by molar-refractivity contribution is -0.141. The molecule has 0 saturated heterocycles. The van der Waals surface area contributed by atoms with E-state index < -0.39 is 11.9 Å². The third-order valence-electron chi connectivity index (χ3n) is 2.58. The minimum atomic E-state index is -4.49. The van der Waals surface area contributed by atoms with Crippen LogP contribution in [0.1, 0.15) is 5.69 Å². The van der Waals surface area contributed by atoms with Crippen LogP contribution in [0.15, 0.2) is 36.4 Å². The highest BCUT2D eigenvalue weighted by Gasteiger charge is 2.32. The number of nitrogen functional groups attached to an aromatic ring is 1. The highest BCUT2D eigenvalue weighted by Crippen LogP contribution is 2.32. The zero-order valence-electron chi connectivity index (χ0n) is 10.0. The van der Waals surface area contributed by atoms with E-state index in [1.54, 1.807) is 24.3 Å². The lowest BCUT2D eigenvalue weighted by Crippen LogP contribution is -2.09. The van der Waals surface area contributed by atoms with E-state index in [-0.39, 0.29) is 11.4 Å². The van der Waals surface area contributed by atoms with Crippen molar-refractivity contribution in [1.29, 1.82) is 0 Å². The molecule has 3 nitrogen and oxygen atoms in total. The second kappa shape index (κ2) is 4.79. The van der Waals surface area contributed by atoms with Crippen molar-refractivity contribution in [2.24, 2.45) is 0 Å². The first-order chi connectivity index (χ1) is 8.91. The molecule has 0 unspecified atom stereocenters. The van der Waals surface area contributed by atoms with Crippen LogP contribution in [-0.4, -0.2) is 12.1 Å². The average Bonchev–Trinajstić information content (AvgIpc) is 2.38. The van der Waals surface area contributed by atoms with E-state index in [2.05, 4.69) is 4.98 Å². The van der Waals surface area contributed by atoms with Crippen molar-refractivity contribution in [3.63, 3.8) is 0 Å². The Hall–Kier alpha value is -2.24. The summed E-state index contributed by atoms with van der Waals surface area (Å²) in [6, 6.07) is 8.56. The molecule has 0 bridgehead atoms. The van der Waals surface area contributed by atoms with Crippen LogP contribution in [0.5, 0.6) is 5.75 Å². The molecule has 1 aromatic carbocycles. The van der Waals surface area contributed by atoms with Crippen LogP contribution in [0.2, 0.25) is 0 Å². The van der Waals surface area contributed by atoms with Gasteiger partial charge in [-0.15, -0.1) is 0 Å². The highest BCUT2D eigenvalue weighted by molar-refractivity contribution is 5.72. The van der Waals surface area contributed by atoms with Gasteiger partial charge >= 0.3 is 6.18 Å². The zero-order chi connectivity index (χ0) is 14.0. The molecule has 0 fully saturated rings. The molecule has 0 saturated carbocycles. The van der Waals surface area contributed by atoms with Crippen molar-refractivity contribution in [2.45, 2.75) is 6.18 Å². The highest BCUT2D eigenvalue weighted by atomic mass is 19.4. The molecule has 19 heavy (non-hydrogen) atoms. The maximum atomic E-state index is 12.6. The number of hydrogen-bond acceptors (Lipinski definition) is 3. The summed E-state index contributed by atoms with van der Waals surface area (Å²) in [5.74, 6) is 0.606. The van der Waals surface area contributed by atoms with E-state index in [1.807, 2.05) is 0 Å². The van der Waals surface area contributed by atoms with Gasteiger partial charge in [0, 0.05) is 5.56 Å². The van der Waals surface area contributed by atoms with Crippen LogP contribution in [-0.2, 0) is 6.18 Å². The number of nitrogens with two attached hydrogens (primary N) is 1. The minimum Gasteiger partial charge on any atom is -0.497 e. The third kappa shape index (κ3) is 2.78. The van der Waals surface area contributed by atoms with Crippen molar-refractivity contribution in [3.05, 3.63) is 42.1 Å². The number of pyridine rings is 1. The number of rotatable bonds is 2. The molecule has 0 aliphatic carbocycles. The van der Waals surface area contributed by atoms with Gasteiger partial charge < -0.3 is 10.5 Å². The predicted molar refractivity (Wildman–Crippen MR) is 65.6 cm³/mol. The quantitative estimate of drug-likeness (QED) is 0.908. The van der Waals surface area contributed by atoms with Crippen molar-refractivity contribution < 1.29 is 17.9 Å². The fourth-order valence-electron chi connectivity index (χ4n) is 1.61. The van der Waals surface area contributed by atoms with E-state index in [0.717, 1.165) is 6.07 Å². The minimum absolute atomic E-state index is 0.109. The summed E-state index contributed by atoms with van der Waals surface area (Å²) >= 11 is 0. The van der Waals surface area contributed by atoms with Crippen molar-refractivity contribution in [1.82, 2.24) is 4.98 Å². The molecule has 0 atom stereocenters. The van der Waals surface area contributed by atoms with Crippen LogP contribution in [0, 0.1) is 0 Å². The fourth-order valence-corrected chi connectivity index (χ4v) is 1.61. The first-order valence-corrected chi connectivity index (χ1v) is 5.40. The summed E-state index contributed by atoms with van der Waals surface area (Å²) in [6.07, 6.45) is -4.49. The molecule has 1 heterocycles. The van der Waals surface area contributed by atoms with Gasteiger partial charge in [0.25, 0.3) is 0 Å². The molecule has 0 amide bonds. The zero-order valence-corrected chi connectivity index (χ0v) is 10.0. The predicted octanol–water partition coefficient (Wildman–Crippen LogP) is 3.36. The van der Waals surface area contributed by atoms with Gasteiger partial charge in [0.05, 0.1) is 18.5 Å². The lowest BCUT2D eigenvalue weighted by Gasteiger charge is -2.10. The van der Waals surface area contributed by atoms with Crippen LogP contribution in [0.3, 0.4) is 0 Å². The van der Waals surface area contributed by atoms with Gasteiger partial charge in [-0.05, 0) is 36.4 Å². The smallest absolute Gasteiger partial charge is 0.433 e. The summed E-state index contributed by atoms with van der Waals surface area (Å²) in [7, 11) is 1.51. The summed E-state index contributed by atoms with van der Waals surface area (Å²) in [4.78, 5) is 3.58. The maximum Gasteiger partial charge on any atom is 0.433 e. The van der Waals surface area contributed by atoms with Crippen LogP contribution in [0.25, 0.3) is 11.3 Å². The molecular formula is C13H11F3N2O. The Morgan fingerprint density at radius 2 is 1.68 bits per heavy atom. The number of benzene rings is 1. The van der Waals surface area contributed by atoms with Crippen LogP contribution < -0.4 is 10.5 Å². The largest absolute Gasteiger partial charge is 0.497 e. The van der Waals surface area contributed by atoms with E-state index in [1.165, 1.54) is 13.2 Å². The van der Waals surface area contributed by atoms with Gasteiger partial charge in [0.15, 0.2) is 0 Å². The Labute approximate surface area is 107 Å². The maximum absolute atomic E-state index is 12.6. The topological polar surface area (TPSA) is 48.1 Å². The average molecular weight is 268 g/mol. The molecule has 1 aromatic heterocycles. The number of aromatic nitrogens is 1. The number of methoxy groups -OCH3 is 1. The molecule has 2 N–H and O–H groups in total. The van der Waals surface area contributed by atoms with Gasteiger partial charge in [0.1, 0.15) is 11.4 Å². The second-order valence-corrected chi connectivity index (χ2v) is 3.86.